The van der Waals surface area contributed by atoms with Crippen LogP contribution in [-0.2, 0) is 12.8 Å². The summed E-state index contributed by atoms with van der Waals surface area (Å²) in [7, 11) is 0. The molecule has 0 aliphatic rings. The molecule has 0 aliphatic carbocycles. The Balaban J connectivity index is 1.10. The van der Waals surface area contributed by atoms with Gasteiger partial charge >= 0.3 is 0 Å². The highest BCUT2D eigenvalue weighted by Crippen LogP contribution is 2.58. The Bertz CT molecular complexity index is 3950. The molecular weight excluding hydrogens is 973 g/mol. The molecule has 4 heteroatoms. The van der Waals surface area contributed by atoms with Crippen LogP contribution in [0.5, 0.6) is 11.5 Å². The number of aryl methyl sites for hydroxylation is 2. The molecule has 0 unspecified atom stereocenters. The minimum Gasteiger partial charge on any atom is -0.491 e. The predicted molar refractivity (Wildman–Crippen MR) is 343 cm³/mol. The molecule has 80 heavy (non-hydrogen) atoms. The zero-order valence-electron chi connectivity index (χ0n) is 46.9. The Kier molecular flexibility index (Phi) is 13.6. The lowest BCUT2D eigenvalue weighted by Gasteiger charge is -2.27. The quantitative estimate of drug-likeness (QED) is 0.0855. The lowest BCUT2D eigenvalue weighted by molar-refractivity contribution is 0.242. The van der Waals surface area contributed by atoms with E-state index in [9.17, 15) is 0 Å². The van der Waals surface area contributed by atoms with E-state index in [1.165, 1.54) is 124 Å². The zero-order valence-corrected chi connectivity index (χ0v) is 46.9. The smallest absolute Gasteiger partial charge is 0.119 e. The van der Waals surface area contributed by atoms with Gasteiger partial charge in [0, 0.05) is 33.5 Å². The predicted octanol–water partition coefficient (Wildman–Crippen LogP) is 22.0. The molecule has 13 aromatic carbocycles. The van der Waals surface area contributed by atoms with Gasteiger partial charge in [-0.2, -0.15) is 0 Å². The summed E-state index contributed by atoms with van der Waals surface area (Å²) in [6, 6.07) is 81.7. The fourth-order valence-electron chi connectivity index (χ4n) is 12.8. The molecule has 0 bridgehead atoms. The molecular formula is C76H68N2O2. The number of nitrogens with zero attached hydrogens (tertiary/aromatic N) is 2. The van der Waals surface area contributed by atoms with Crippen molar-refractivity contribution in [1.29, 1.82) is 0 Å². The van der Waals surface area contributed by atoms with Crippen molar-refractivity contribution in [3.8, 4) is 33.8 Å². The van der Waals surface area contributed by atoms with E-state index in [4.69, 9.17) is 9.47 Å². The van der Waals surface area contributed by atoms with Crippen molar-refractivity contribution in [3.05, 3.63) is 230 Å². The minimum atomic E-state index is 0.0838. The lowest BCUT2D eigenvalue weighted by atomic mass is 9.87. The molecule has 0 atom stereocenters. The second-order valence-electron chi connectivity index (χ2n) is 22.2. The number of ether oxygens (including phenoxy) is 2. The summed E-state index contributed by atoms with van der Waals surface area (Å²) >= 11 is 0. The first-order valence-electron chi connectivity index (χ1n) is 29.1. The molecule has 13 aromatic rings. The summed E-state index contributed by atoms with van der Waals surface area (Å²) in [6.45, 7) is 12.8. The summed E-state index contributed by atoms with van der Waals surface area (Å²) in [5.41, 5.74) is 14.4. The average molecular weight is 1040 g/mol. The molecule has 13 rings (SSSR count). The molecule has 0 saturated heterocycles. The third kappa shape index (κ3) is 8.97. The Morgan fingerprint density at radius 2 is 0.637 bits per heavy atom. The Morgan fingerprint density at radius 3 is 0.975 bits per heavy atom. The molecule has 0 amide bonds. The van der Waals surface area contributed by atoms with Crippen molar-refractivity contribution in [2.45, 2.75) is 92.3 Å². The topological polar surface area (TPSA) is 24.9 Å². The van der Waals surface area contributed by atoms with E-state index in [2.05, 4.69) is 270 Å². The highest BCUT2D eigenvalue weighted by atomic mass is 16.5. The fourth-order valence-corrected chi connectivity index (χ4v) is 12.8. The molecule has 0 heterocycles. The highest BCUT2D eigenvalue weighted by molar-refractivity contribution is 6.47. The van der Waals surface area contributed by atoms with Gasteiger partial charge in [0.1, 0.15) is 11.5 Å². The highest BCUT2D eigenvalue weighted by Gasteiger charge is 2.30. The van der Waals surface area contributed by atoms with Crippen LogP contribution in [0.15, 0.2) is 218 Å². The maximum Gasteiger partial charge on any atom is 0.119 e. The molecule has 0 aliphatic heterocycles. The van der Waals surface area contributed by atoms with Gasteiger partial charge in [0.05, 0.1) is 23.6 Å². The molecule has 0 saturated carbocycles. The van der Waals surface area contributed by atoms with E-state index in [0.717, 1.165) is 58.5 Å². The Morgan fingerprint density at radius 1 is 0.312 bits per heavy atom. The number of hydrogen-bond acceptors (Lipinski definition) is 4. The third-order valence-electron chi connectivity index (χ3n) is 16.2. The summed E-state index contributed by atoms with van der Waals surface area (Å²) in [5, 5.41) is 15.1. The monoisotopic (exact) mass is 1040 g/mol. The van der Waals surface area contributed by atoms with Crippen LogP contribution >= 0.6 is 0 Å². The van der Waals surface area contributed by atoms with Crippen LogP contribution in [0.2, 0.25) is 0 Å². The number of hydrogen-bond donors (Lipinski definition) is 0. The molecule has 0 fully saturated rings. The van der Waals surface area contributed by atoms with Crippen molar-refractivity contribution in [2.24, 2.45) is 0 Å². The van der Waals surface area contributed by atoms with Gasteiger partial charge in [-0.25, -0.2) is 0 Å². The molecule has 4 nitrogen and oxygen atoms in total. The summed E-state index contributed by atoms with van der Waals surface area (Å²) < 4.78 is 12.4. The second-order valence-corrected chi connectivity index (χ2v) is 22.2. The van der Waals surface area contributed by atoms with Crippen molar-refractivity contribution in [3.63, 3.8) is 0 Å². The Labute approximate surface area is 471 Å². The van der Waals surface area contributed by atoms with E-state index in [0.29, 0.717) is 0 Å². The van der Waals surface area contributed by atoms with Gasteiger partial charge < -0.3 is 19.3 Å². The van der Waals surface area contributed by atoms with E-state index in [1.807, 2.05) is 0 Å². The standard InChI is InChI=1S/C76H68N2O2/c1-7-9-19-51-29-33-55(34-30-51)77(57-37-41-59(42-38-57)79-49(3)4)67-47-45-65-71-61(67)25-17-27-63(71)73-69(53-21-13-11-14-22-53)74-64-28-18-26-62-68(48-46-66(72(62)64)76(74)70(75(65)73)54-23-15-12-16-24-54)78(56-35-31-52(32-36-56)20-10-8-2)58-39-43-60(44-40-58)80-50(5)6/h11-18,21-50H,7-10,19-20H2,1-6H3. The summed E-state index contributed by atoms with van der Waals surface area (Å²) in [6.07, 6.45) is 7.01. The molecule has 394 valence electrons. The minimum absolute atomic E-state index is 0.0838. The third-order valence-corrected chi connectivity index (χ3v) is 16.2. The van der Waals surface area contributed by atoms with Gasteiger partial charge in [0.25, 0.3) is 0 Å². The van der Waals surface area contributed by atoms with Crippen molar-refractivity contribution >= 4 is 98.8 Å². The first kappa shape index (κ1) is 50.6. The van der Waals surface area contributed by atoms with Gasteiger partial charge in [-0.15, -0.1) is 0 Å². The first-order valence-corrected chi connectivity index (χ1v) is 29.1. The van der Waals surface area contributed by atoms with Gasteiger partial charge in [0.2, 0.25) is 0 Å². The van der Waals surface area contributed by atoms with Crippen LogP contribution in [0.4, 0.5) is 34.1 Å². The summed E-state index contributed by atoms with van der Waals surface area (Å²) in [5.74, 6) is 1.73. The maximum atomic E-state index is 6.18. The number of fused-ring (bicyclic) bond motifs is 6. The van der Waals surface area contributed by atoms with Crippen molar-refractivity contribution in [1.82, 2.24) is 0 Å². The normalized spacial score (nSPS) is 11.9. The Hall–Kier alpha value is -8.86. The molecule has 0 N–H and O–H groups in total. The summed E-state index contributed by atoms with van der Waals surface area (Å²) in [4.78, 5) is 4.88. The molecule has 0 aromatic heterocycles. The number of unbranched alkanes of at least 4 members (excludes halogenated alkanes) is 2. The molecule has 0 radical (unpaired) electrons. The van der Waals surface area contributed by atoms with Crippen molar-refractivity contribution < 1.29 is 9.47 Å². The average Bonchev–Trinajstić information content (AvgIpc) is 4.14. The van der Waals surface area contributed by atoms with Gasteiger partial charge in [-0.3, -0.25) is 0 Å². The van der Waals surface area contributed by atoms with Crippen LogP contribution in [-0.4, -0.2) is 12.2 Å². The number of anilines is 6. The van der Waals surface area contributed by atoms with Crippen molar-refractivity contribution in [2.75, 3.05) is 9.80 Å². The van der Waals surface area contributed by atoms with Gasteiger partial charge in [-0.05, 0) is 226 Å². The fraction of sp³-hybridized carbons (Fsp3) is 0.184. The van der Waals surface area contributed by atoms with E-state index in [-0.39, 0.29) is 12.2 Å². The van der Waals surface area contributed by atoms with Gasteiger partial charge in [-0.1, -0.05) is 160 Å². The van der Waals surface area contributed by atoms with Crippen LogP contribution in [0, 0.1) is 0 Å². The SMILES string of the molecule is CCCCc1ccc(N(c2ccc(OC(C)C)cc2)c2ccc3c4c(-c5ccccc5)c5c6ccc(N(c7ccc(CCCC)cc7)c7ccc(OC(C)C)cc7)c7cccc(c5c(-c5ccccc5)c4c4cccc2c43)c76)cc1. The number of rotatable bonds is 18. The van der Waals surface area contributed by atoms with Gasteiger partial charge in [0.15, 0.2) is 0 Å². The van der Waals surface area contributed by atoms with Crippen LogP contribution < -0.4 is 19.3 Å². The van der Waals surface area contributed by atoms with E-state index in [1.54, 1.807) is 0 Å². The number of benzene rings is 11. The first-order chi connectivity index (χ1) is 39.3. The molecule has 0 spiro atoms. The lowest BCUT2D eigenvalue weighted by Crippen LogP contribution is -2.11. The second kappa shape index (κ2) is 21.4. The maximum absolute atomic E-state index is 6.18. The largest absolute Gasteiger partial charge is 0.491 e. The zero-order chi connectivity index (χ0) is 54.4. The van der Waals surface area contributed by atoms with E-state index >= 15 is 0 Å². The van der Waals surface area contributed by atoms with Crippen LogP contribution in [0.1, 0.15) is 78.4 Å². The van der Waals surface area contributed by atoms with Crippen LogP contribution in [0.25, 0.3) is 86.9 Å². The van der Waals surface area contributed by atoms with Crippen LogP contribution in [0.3, 0.4) is 0 Å². The van der Waals surface area contributed by atoms with E-state index < -0.39 is 0 Å².